The summed E-state index contributed by atoms with van der Waals surface area (Å²) in [5.74, 6) is 0.539. The molecule has 0 aliphatic rings. The van der Waals surface area contributed by atoms with Crippen LogP contribution in [0.25, 0.3) is 0 Å². The maximum atomic E-state index is 12.0. The van der Waals surface area contributed by atoms with Gasteiger partial charge in [0.2, 0.25) is 0 Å². The van der Waals surface area contributed by atoms with Crippen LogP contribution in [0.15, 0.2) is 48.5 Å². The maximum Gasteiger partial charge on any atom is 0.255 e. The second-order valence-electron chi connectivity index (χ2n) is 4.12. The first kappa shape index (κ1) is 14.4. The number of hydrogen-bond donors (Lipinski definition) is 2. The average molecular weight is 291 g/mol. The molecule has 0 heterocycles. The first-order valence-corrected chi connectivity index (χ1v) is 6.56. The van der Waals surface area contributed by atoms with Gasteiger partial charge in [-0.2, -0.15) is 0 Å². The Kier molecular flexibility index (Phi) is 4.98. The van der Waals surface area contributed by atoms with Crippen molar-refractivity contribution in [2.24, 2.45) is 5.73 Å². The molecule has 0 radical (unpaired) electrons. The Morgan fingerprint density at radius 2 is 1.75 bits per heavy atom. The zero-order valence-electron chi connectivity index (χ0n) is 10.8. The largest absolute Gasteiger partial charge is 0.492 e. The highest BCUT2D eigenvalue weighted by atomic mass is 35.5. The van der Waals surface area contributed by atoms with E-state index in [1.165, 1.54) is 0 Å². The minimum Gasteiger partial charge on any atom is -0.492 e. The first-order chi connectivity index (χ1) is 9.69. The van der Waals surface area contributed by atoms with Crippen LogP contribution >= 0.6 is 11.6 Å². The normalized spacial score (nSPS) is 10.1. The lowest BCUT2D eigenvalue weighted by Gasteiger charge is -2.07. The van der Waals surface area contributed by atoms with E-state index in [-0.39, 0.29) is 5.91 Å². The molecule has 2 aromatic rings. The minimum absolute atomic E-state index is 0.183. The van der Waals surface area contributed by atoms with Gasteiger partial charge in [0, 0.05) is 22.8 Å². The van der Waals surface area contributed by atoms with E-state index in [9.17, 15) is 4.79 Å². The highest BCUT2D eigenvalue weighted by Crippen LogP contribution is 2.17. The molecule has 3 N–H and O–H groups in total. The number of rotatable bonds is 5. The van der Waals surface area contributed by atoms with E-state index in [1.54, 1.807) is 48.5 Å². The van der Waals surface area contributed by atoms with Gasteiger partial charge in [-0.3, -0.25) is 4.79 Å². The van der Waals surface area contributed by atoms with Crippen LogP contribution in [0.1, 0.15) is 10.4 Å². The number of carbonyl (C=O) groups excluding carboxylic acids is 1. The van der Waals surface area contributed by atoms with Gasteiger partial charge < -0.3 is 15.8 Å². The van der Waals surface area contributed by atoms with Crippen molar-refractivity contribution in [3.05, 3.63) is 59.1 Å². The van der Waals surface area contributed by atoms with Gasteiger partial charge in [-0.15, -0.1) is 0 Å². The van der Waals surface area contributed by atoms with Crippen LogP contribution < -0.4 is 15.8 Å². The summed E-state index contributed by atoms with van der Waals surface area (Å²) in [7, 11) is 0. The maximum absolute atomic E-state index is 12.0. The van der Waals surface area contributed by atoms with Crippen molar-refractivity contribution in [3.8, 4) is 5.75 Å². The number of carbonyl (C=O) groups is 1. The van der Waals surface area contributed by atoms with Crippen LogP contribution in [-0.4, -0.2) is 19.1 Å². The van der Waals surface area contributed by atoms with Gasteiger partial charge in [-0.25, -0.2) is 0 Å². The molecule has 0 bridgehead atoms. The molecule has 0 aliphatic carbocycles. The van der Waals surface area contributed by atoms with Gasteiger partial charge in [-0.05, 0) is 48.5 Å². The number of halogens is 1. The SMILES string of the molecule is NCCOc1ccc(NC(=O)c2ccc(Cl)cc2)cc1. The molecule has 2 aromatic carbocycles. The highest BCUT2D eigenvalue weighted by Gasteiger charge is 2.05. The van der Waals surface area contributed by atoms with E-state index in [0.717, 1.165) is 5.75 Å². The third-order valence-corrected chi connectivity index (χ3v) is 2.86. The Morgan fingerprint density at radius 3 is 2.35 bits per heavy atom. The number of nitrogens with one attached hydrogen (secondary N) is 1. The van der Waals surface area contributed by atoms with Crippen molar-refractivity contribution in [1.29, 1.82) is 0 Å². The van der Waals surface area contributed by atoms with Crippen molar-refractivity contribution >= 4 is 23.2 Å². The Labute approximate surface area is 122 Å². The molecule has 4 nitrogen and oxygen atoms in total. The Hall–Kier alpha value is -2.04. The standard InChI is InChI=1S/C15H15ClN2O2/c16-12-3-1-11(2-4-12)15(19)18-13-5-7-14(8-6-13)20-10-9-17/h1-8H,9-10,17H2,(H,18,19). The van der Waals surface area contributed by atoms with Crippen LogP contribution in [0.5, 0.6) is 5.75 Å². The van der Waals surface area contributed by atoms with E-state index in [4.69, 9.17) is 22.1 Å². The monoisotopic (exact) mass is 290 g/mol. The summed E-state index contributed by atoms with van der Waals surface area (Å²) >= 11 is 5.78. The summed E-state index contributed by atoms with van der Waals surface area (Å²) in [5, 5.41) is 3.40. The zero-order valence-corrected chi connectivity index (χ0v) is 11.6. The van der Waals surface area contributed by atoms with Gasteiger partial charge in [0.05, 0.1) is 0 Å². The molecule has 1 amide bonds. The molecule has 0 aliphatic heterocycles. The predicted molar refractivity (Wildman–Crippen MR) is 80.4 cm³/mol. The van der Waals surface area contributed by atoms with Gasteiger partial charge in [-0.1, -0.05) is 11.6 Å². The summed E-state index contributed by atoms with van der Waals surface area (Å²) in [6, 6.07) is 13.8. The molecule has 0 atom stereocenters. The summed E-state index contributed by atoms with van der Waals surface area (Å²) in [6.45, 7) is 0.936. The predicted octanol–water partition coefficient (Wildman–Crippen LogP) is 2.93. The lowest BCUT2D eigenvalue weighted by molar-refractivity contribution is 0.102. The van der Waals surface area contributed by atoms with Gasteiger partial charge in [0.1, 0.15) is 12.4 Å². The Morgan fingerprint density at radius 1 is 1.10 bits per heavy atom. The molecule has 0 saturated heterocycles. The number of hydrogen-bond acceptors (Lipinski definition) is 3. The van der Waals surface area contributed by atoms with E-state index >= 15 is 0 Å². The number of benzene rings is 2. The van der Waals surface area contributed by atoms with Gasteiger partial charge >= 0.3 is 0 Å². The summed E-state index contributed by atoms with van der Waals surface area (Å²) < 4.78 is 5.36. The average Bonchev–Trinajstić information content (AvgIpc) is 2.47. The van der Waals surface area contributed by atoms with Gasteiger partial charge in [0.15, 0.2) is 0 Å². The van der Waals surface area contributed by atoms with E-state index in [1.807, 2.05) is 0 Å². The molecule has 20 heavy (non-hydrogen) atoms. The summed E-state index contributed by atoms with van der Waals surface area (Å²) in [4.78, 5) is 12.0. The van der Waals surface area contributed by atoms with Crippen LogP contribution in [0, 0.1) is 0 Å². The highest BCUT2D eigenvalue weighted by molar-refractivity contribution is 6.30. The fourth-order valence-corrected chi connectivity index (χ4v) is 1.74. The third-order valence-electron chi connectivity index (χ3n) is 2.61. The Bertz CT molecular complexity index is 567. The second kappa shape index (κ2) is 6.93. The molecule has 5 heteroatoms. The topological polar surface area (TPSA) is 64.3 Å². The zero-order chi connectivity index (χ0) is 14.4. The molecule has 104 valence electrons. The molecule has 2 rings (SSSR count). The fraction of sp³-hybridized carbons (Fsp3) is 0.133. The van der Waals surface area contributed by atoms with E-state index < -0.39 is 0 Å². The molecule has 0 spiro atoms. The quantitative estimate of drug-likeness (QED) is 0.890. The summed E-state index contributed by atoms with van der Waals surface area (Å²) in [5.41, 5.74) is 6.61. The van der Waals surface area contributed by atoms with Crippen molar-refractivity contribution in [2.75, 3.05) is 18.5 Å². The second-order valence-corrected chi connectivity index (χ2v) is 4.56. The molecule has 0 aromatic heterocycles. The van der Waals surface area contributed by atoms with Crippen LogP contribution in [-0.2, 0) is 0 Å². The van der Waals surface area contributed by atoms with Crippen molar-refractivity contribution in [3.63, 3.8) is 0 Å². The lowest BCUT2D eigenvalue weighted by Crippen LogP contribution is -2.12. The molecular formula is C15H15ClN2O2. The van der Waals surface area contributed by atoms with Crippen LogP contribution in [0.3, 0.4) is 0 Å². The van der Waals surface area contributed by atoms with Crippen LogP contribution in [0.2, 0.25) is 5.02 Å². The Balaban J connectivity index is 1.99. The molecular weight excluding hydrogens is 276 g/mol. The van der Waals surface area contributed by atoms with Crippen LogP contribution in [0.4, 0.5) is 5.69 Å². The summed E-state index contributed by atoms with van der Waals surface area (Å²) in [6.07, 6.45) is 0. The van der Waals surface area contributed by atoms with Crippen molar-refractivity contribution in [1.82, 2.24) is 0 Å². The number of ether oxygens (including phenoxy) is 1. The minimum atomic E-state index is -0.183. The molecule has 0 unspecified atom stereocenters. The first-order valence-electron chi connectivity index (χ1n) is 6.19. The molecule has 0 saturated carbocycles. The number of amides is 1. The number of anilines is 1. The molecule has 0 fully saturated rings. The van der Waals surface area contributed by atoms with Crippen molar-refractivity contribution in [2.45, 2.75) is 0 Å². The van der Waals surface area contributed by atoms with E-state index in [2.05, 4.69) is 5.32 Å². The van der Waals surface area contributed by atoms with E-state index in [0.29, 0.717) is 29.4 Å². The smallest absolute Gasteiger partial charge is 0.255 e. The third kappa shape index (κ3) is 3.98. The van der Waals surface area contributed by atoms with Crippen molar-refractivity contribution < 1.29 is 9.53 Å². The fourth-order valence-electron chi connectivity index (χ4n) is 1.62. The number of nitrogens with two attached hydrogens (primary N) is 1. The lowest BCUT2D eigenvalue weighted by atomic mass is 10.2. The van der Waals surface area contributed by atoms with Gasteiger partial charge in [0.25, 0.3) is 5.91 Å².